The van der Waals surface area contributed by atoms with E-state index in [9.17, 15) is 4.79 Å². The number of carbonyl (C=O) groups is 1. The second kappa shape index (κ2) is 2.48. The first-order valence-electron chi connectivity index (χ1n) is 4.84. The van der Waals surface area contributed by atoms with Crippen LogP contribution in [0.1, 0.15) is 12.8 Å². The van der Waals surface area contributed by atoms with E-state index in [0.717, 1.165) is 0 Å². The molecule has 0 aromatic carbocycles. The van der Waals surface area contributed by atoms with E-state index in [4.69, 9.17) is 19.3 Å². The maximum absolute atomic E-state index is 11.1. The molecule has 0 aromatic rings. The predicted molar refractivity (Wildman–Crippen MR) is 43.4 cm³/mol. The Morgan fingerprint density at radius 1 is 1.14 bits per heavy atom. The number of carboxylic acid groups (broad SMARTS) is 1. The summed E-state index contributed by atoms with van der Waals surface area (Å²) in [6.07, 6.45) is 1.15. The molecule has 3 aliphatic heterocycles. The van der Waals surface area contributed by atoms with Gasteiger partial charge in [-0.3, -0.25) is 4.79 Å². The normalized spacial score (nSPS) is 43.6. The van der Waals surface area contributed by atoms with Gasteiger partial charge in [0.2, 0.25) is 0 Å². The molecule has 0 amide bonds. The van der Waals surface area contributed by atoms with Crippen LogP contribution in [0.5, 0.6) is 0 Å². The van der Waals surface area contributed by atoms with Crippen LogP contribution < -0.4 is 0 Å². The van der Waals surface area contributed by atoms with Crippen LogP contribution in [-0.2, 0) is 19.0 Å². The van der Waals surface area contributed by atoms with Gasteiger partial charge in [0.15, 0.2) is 0 Å². The van der Waals surface area contributed by atoms with E-state index in [1.54, 1.807) is 0 Å². The Kier molecular flexibility index (Phi) is 1.53. The lowest BCUT2D eigenvalue weighted by molar-refractivity contribution is -0.469. The lowest BCUT2D eigenvalue weighted by Gasteiger charge is -2.48. The van der Waals surface area contributed by atoms with Crippen molar-refractivity contribution < 1.29 is 24.1 Å². The molecule has 1 saturated carbocycles. The number of hydrogen-bond donors (Lipinski definition) is 1. The summed E-state index contributed by atoms with van der Waals surface area (Å²) in [4.78, 5) is 11.1. The van der Waals surface area contributed by atoms with E-state index in [1.807, 2.05) is 0 Å². The van der Waals surface area contributed by atoms with Crippen molar-refractivity contribution in [3.63, 3.8) is 0 Å². The van der Waals surface area contributed by atoms with Crippen LogP contribution in [0, 0.1) is 11.3 Å². The highest BCUT2D eigenvalue weighted by atomic mass is 16.9. The molecular formula is C9H12O5. The minimum Gasteiger partial charge on any atom is -0.481 e. The third-order valence-electron chi connectivity index (χ3n) is 3.27. The molecule has 3 saturated heterocycles. The van der Waals surface area contributed by atoms with Crippen molar-refractivity contribution in [2.24, 2.45) is 11.3 Å². The molecule has 0 aromatic heterocycles. The van der Waals surface area contributed by atoms with Gasteiger partial charge in [-0.2, -0.15) is 0 Å². The molecule has 0 atom stereocenters. The van der Waals surface area contributed by atoms with Gasteiger partial charge in [0.1, 0.15) is 5.41 Å². The number of hydrogen-bond acceptors (Lipinski definition) is 4. The number of ether oxygens (including phenoxy) is 3. The fourth-order valence-electron chi connectivity index (χ4n) is 2.14. The molecule has 5 nitrogen and oxygen atoms in total. The average molecular weight is 200 g/mol. The van der Waals surface area contributed by atoms with E-state index in [1.165, 1.54) is 0 Å². The van der Waals surface area contributed by atoms with Crippen LogP contribution in [0.3, 0.4) is 0 Å². The molecule has 2 bridgehead atoms. The molecule has 78 valence electrons. The first-order chi connectivity index (χ1) is 6.69. The van der Waals surface area contributed by atoms with Crippen LogP contribution in [0.15, 0.2) is 0 Å². The van der Waals surface area contributed by atoms with Crippen molar-refractivity contribution in [2.45, 2.75) is 18.8 Å². The zero-order chi connectivity index (χ0) is 9.81. The minimum atomic E-state index is -1.28. The molecule has 4 aliphatic rings. The van der Waals surface area contributed by atoms with Gasteiger partial charge in [-0.25, -0.2) is 0 Å². The Labute approximate surface area is 80.9 Å². The summed E-state index contributed by atoms with van der Waals surface area (Å²) in [5, 5.41) is 9.13. The van der Waals surface area contributed by atoms with Crippen molar-refractivity contribution in [1.29, 1.82) is 0 Å². The number of aliphatic carboxylic acids is 1. The number of carboxylic acids is 1. The Balaban J connectivity index is 1.92. The average Bonchev–Trinajstić information content (AvgIpc) is 3.01. The summed E-state index contributed by atoms with van der Waals surface area (Å²) in [5.41, 5.74) is -0.946. The zero-order valence-corrected chi connectivity index (χ0v) is 7.69. The van der Waals surface area contributed by atoms with Gasteiger partial charge >= 0.3 is 5.97 Å². The summed E-state index contributed by atoms with van der Waals surface area (Å²) in [7, 11) is 0. The van der Waals surface area contributed by atoms with E-state index in [0.29, 0.717) is 32.7 Å². The smallest absolute Gasteiger partial charge is 0.317 e. The molecule has 0 radical (unpaired) electrons. The third-order valence-corrected chi connectivity index (χ3v) is 3.27. The molecule has 1 aliphatic carbocycles. The van der Waals surface area contributed by atoms with Gasteiger partial charge in [0.25, 0.3) is 5.97 Å². The first-order valence-corrected chi connectivity index (χ1v) is 4.84. The van der Waals surface area contributed by atoms with Crippen molar-refractivity contribution in [3.8, 4) is 0 Å². The standard InChI is InChI=1S/C9H12O5/c10-7(11)8(1-2-8)9-12-3-6(4-13-9)5-14-9/h6H,1-5H2,(H,10,11). The molecule has 4 fully saturated rings. The highest BCUT2D eigenvalue weighted by Gasteiger charge is 2.71. The van der Waals surface area contributed by atoms with Crippen molar-refractivity contribution >= 4 is 5.97 Å². The van der Waals surface area contributed by atoms with Crippen LogP contribution in [0.25, 0.3) is 0 Å². The highest BCUT2D eigenvalue weighted by Crippen LogP contribution is 2.59. The van der Waals surface area contributed by atoms with E-state index in [-0.39, 0.29) is 5.92 Å². The first kappa shape index (κ1) is 8.64. The summed E-state index contributed by atoms with van der Waals surface area (Å²) >= 11 is 0. The summed E-state index contributed by atoms with van der Waals surface area (Å²) in [5.74, 6) is -1.90. The number of rotatable bonds is 2. The lowest BCUT2D eigenvalue weighted by atomic mass is 10.00. The second-order valence-electron chi connectivity index (χ2n) is 4.24. The largest absolute Gasteiger partial charge is 0.481 e. The summed E-state index contributed by atoms with van der Waals surface area (Å²) < 4.78 is 16.3. The third kappa shape index (κ3) is 0.872. The molecule has 0 spiro atoms. The van der Waals surface area contributed by atoms with Gasteiger partial charge in [-0.05, 0) is 12.8 Å². The maximum atomic E-state index is 11.1. The Morgan fingerprint density at radius 3 is 2.00 bits per heavy atom. The molecule has 14 heavy (non-hydrogen) atoms. The topological polar surface area (TPSA) is 65.0 Å². The Bertz CT molecular complexity index is 261. The maximum Gasteiger partial charge on any atom is 0.317 e. The molecule has 0 unspecified atom stereocenters. The quantitative estimate of drug-likeness (QED) is 0.689. The van der Waals surface area contributed by atoms with E-state index >= 15 is 0 Å². The van der Waals surface area contributed by atoms with Crippen LogP contribution >= 0.6 is 0 Å². The van der Waals surface area contributed by atoms with Crippen molar-refractivity contribution in [2.75, 3.05) is 19.8 Å². The van der Waals surface area contributed by atoms with Crippen LogP contribution in [0.4, 0.5) is 0 Å². The Morgan fingerprint density at radius 2 is 1.64 bits per heavy atom. The van der Waals surface area contributed by atoms with Crippen LogP contribution in [0.2, 0.25) is 0 Å². The molecule has 3 heterocycles. The van der Waals surface area contributed by atoms with Gasteiger partial charge < -0.3 is 19.3 Å². The van der Waals surface area contributed by atoms with Gasteiger partial charge in [-0.15, -0.1) is 0 Å². The molecule has 5 heteroatoms. The van der Waals surface area contributed by atoms with Crippen LogP contribution in [-0.4, -0.2) is 36.9 Å². The lowest BCUT2D eigenvalue weighted by Crippen LogP contribution is -2.60. The van der Waals surface area contributed by atoms with Gasteiger partial charge in [0.05, 0.1) is 19.8 Å². The predicted octanol–water partition coefficient (Wildman–Crippen LogP) is 0.198. The zero-order valence-electron chi connectivity index (χ0n) is 7.69. The highest BCUT2D eigenvalue weighted by molar-refractivity contribution is 5.79. The SMILES string of the molecule is O=C(O)C1(C23OCC(CO2)CO3)CC1. The van der Waals surface area contributed by atoms with Gasteiger partial charge in [0, 0.05) is 5.92 Å². The molecular weight excluding hydrogens is 188 g/mol. The molecule has 1 N–H and O–H groups in total. The number of fused-ring (bicyclic) bond motifs is 3. The van der Waals surface area contributed by atoms with E-state index < -0.39 is 17.4 Å². The summed E-state index contributed by atoms with van der Waals surface area (Å²) in [6.45, 7) is 1.65. The van der Waals surface area contributed by atoms with Gasteiger partial charge in [-0.1, -0.05) is 0 Å². The molecule has 4 rings (SSSR count). The summed E-state index contributed by atoms with van der Waals surface area (Å²) in [6, 6.07) is 0. The van der Waals surface area contributed by atoms with Crippen molar-refractivity contribution in [3.05, 3.63) is 0 Å². The Hall–Kier alpha value is -0.650. The van der Waals surface area contributed by atoms with Crippen molar-refractivity contribution in [1.82, 2.24) is 0 Å². The second-order valence-corrected chi connectivity index (χ2v) is 4.24. The monoisotopic (exact) mass is 200 g/mol. The van der Waals surface area contributed by atoms with E-state index in [2.05, 4.69) is 0 Å². The fourth-order valence-corrected chi connectivity index (χ4v) is 2.14. The minimum absolute atomic E-state index is 0.265. The fraction of sp³-hybridized carbons (Fsp3) is 0.889.